The van der Waals surface area contributed by atoms with Crippen LogP contribution in [-0.4, -0.2) is 30.9 Å². The van der Waals surface area contributed by atoms with Gasteiger partial charge in [-0.1, -0.05) is 52.7 Å². The number of methoxy groups -OCH3 is 1. The molecule has 4 aromatic rings. The van der Waals surface area contributed by atoms with Crippen LogP contribution in [0.15, 0.2) is 76.2 Å². The molecule has 1 aliphatic rings. The lowest BCUT2D eigenvalue weighted by molar-refractivity contribution is -0.136. The van der Waals surface area contributed by atoms with Crippen LogP contribution in [0.1, 0.15) is 36.6 Å². The van der Waals surface area contributed by atoms with Crippen LogP contribution in [0.2, 0.25) is 10.0 Å². The van der Waals surface area contributed by atoms with E-state index >= 15 is 0 Å². The molecule has 0 amide bonds. The van der Waals surface area contributed by atoms with Gasteiger partial charge in [0.25, 0.3) is 5.56 Å². The second-order valence-electron chi connectivity index (χ2n) is 9.48. The number of carbonyl (C=O) groups is 1. The Bertz CT molecular complexity index is 1900. The van der Waals surface area contributed by atoms with E-state index in [2.05, 4.69) is 4.99 Å². The molecule has 0 fully saturated rings. The summed E-state index contributed by atoms with van der Waals surface area (Å²) in [7, 11) is 1.27. The fourth-order valence-corrected chi connectivity index (χ4v) is 6.26. The molecule has 0 saturated heterocycles. The molecule has 3 aromatic carbocycles. The number of nitrogens with zero attached hydrogens (tertiary/aromatic N) is 2. The number of fused-ring (bicyclic) bond motifs is 1. The van der Waals surface area contributed by atoms with E-state index in [4.69, 9.17) is 42.1 Å². The quantitative estimate of drug-likeness (QED) is 0.199. The third-order valence-corrected chi connectivity index (χ3v) is 8.18. The Balaban J connectivity index is 1.54. The average molecular weight is 658 g/mol. The van der Waals surface area contributed by atoms with Crippen molar-refractivity contribution in [2.24, 2.45) is 4.99 Å². The number of ether oxygens (including phenoxy) is 4. The second-order valence-corrected chi connectivity index (χ2v) is 11.3. The van der Waals surface area contributed by atoms with Crippen molar-refractivity contribution in [3.8, 4) is 17.2 Å². The summed E-state index contributed by atoms with van der Waals surface area (Å²) in [4.78, 5) is 31.5. The lowest BCUT2D eigenvalue weighted by Crippen LogP contribution is -2.39. The van der Waals surface area contributed by atoms with Gasteiger partial charge in [-0.3, -0.25) is 9.36 Å². The van der Waals surface area contributed by atoms with Crippen molar-refractivity contribution in [3.63, 3.8) is 0 Å². The molecule has 44 heavy (non-hydrogen) atoms. The zero-order chi connectivity index (χ0) is 31.4. The van der Waals surface area contributed by atoms with Gasteiger partial charge in [0.05, 0.1) is 46.5 Å². The lowest BCUT2D eigenvalue weighted by atomic mass is 9.97. The van der Waals surface area contributed by atoms with Gasteiger partial charge < -0.3 is 18.9 Å². The van der Waals surface area contributed by atoms with E-state index in [1.807, 2.05) is 13.8 Å². The maximum Gasteiger partial charge on any atom is 0.337 e. The van der Waals surface area contributed by atoms with Crippen LogP contribution in [0.5, 0.6) is 17.2 Å². The molecule has 228 valence electrons. The molecule has 0 spiro atoms. The minimum absolute atomic E-state index is 0.136. The number of aromatic nitrogens is 1. The van der Waals surface area contributed by atoms with Gasteiger partial charge in [0, 0.05) is 6.20 Å². The minimum Gasteiger partial charge on any atom is -0.490 e. The van der Waals surface area contributed by atoms with Crippen molar-refractivity contribution in [3.05, 3.63) is 119 Å². The molecular weight excluding hydrogens is 630 g/mol. The van der Waals surface area contributed by atoms with Gasteiger partial charge in [0.15, 0.2) is 22.0 Å². The first kappa shape index (κ1) is 31.3. The van der Waals surface area contributed by atoms with E-state index in [1.165, 1.54) is 30.0 Å². The second kappa shape index (κ2) is 13.7. The highest BCUT2D eigenvalue weighted by Gasteiger charge is 2.31. The van der Waals surface area contributed by atoms with Crippen molar-refractivity contribution in [1.29, 1.82) is 0 Å². The fraction of sp³-hybridized carbons (Fsp3) is 0.219. The minimum atomic E-state index is -0.829. The molecule has 1 aromatic heterocycles. The highest BCUT2D eigenvalue weighted by molar-refractivity contribution is 7.07. The number of benzene rings is 3. The van der Waals surface area contributed by atoms with Crippen molar-refractivity contribution in [1.82, 2.24) is 4.57 Å². The normalized spacial score (nSPS) is 14.4. The number of thiazole rings is 1. The lowest BCUT2D eigenvalue weighted by Gasteiger charge is -2.23. The van der Waals surface area contributed by atoms with Crippen molar-refractivity contribution in [2.75, 3.05) is 20.3 Å². The number of rotatable bonds is 10. The first-order chi connectivity index (χ1) is 21.2. The van der Waals surface area contributed by atoms with Gasteiger partial charge in [0.2, 0.25) is 0 Å². The summed E-state index contributed by atoms with van der Waals surface area (Å²) in [5.41, 5.74) is 1.73. The molecule has 0 unspecified atom stereocenters. The van der Waals surface area contributed by atoms with Gasteiger partial charge in [-0.25, -0.2) is 14.2 Å². The van der Waals surface area contributed by atoms with Gasteiger partial charge in [-0.2, -0.15) is 0 Å². The summed E-state index contributed by atoms with van der Waals surface area (Å²) in [5.74, 6) is 0.338. The summed E-state index contributed by atoms with van der Waals surface area (Å²) in [6.45, 7) is 4.70. The van der Waals surface area contributed by atoms with Gasteiger partial charge >= 0.3 is 5.97 Å². The summed E-state index contributed by atoms with van der Waals surface area (Å²) < 4.78 is 37.3. The number of carbonyl (C=O) groups excluding carboxylic acids is 1. The number of hydrogen-bond donors (Lipinski definition) is 0. The van der Waals surface area contributed by atoms with Crippen LogP contribution in [0, 0.1) is 5.82 Å². The van der Waals surface area contributed by atoms with Crippen molar-refractivity contribution in [2.45, 2.75) is 26.5 Å². The Labute approximate surface area is 266 Å². The van der Waals surface area contributed by atoms with Gasteiger partial charge in [0.1, 0.15) is 12.4 Å². The molecule has 1 aliphatic heterocycles. The third kappa shape index (κ3) is 6.52. The summed E-state index contributed by atoms with van der Waals surface area (Å²) in [6.07, 6.45) is 3.07. The number of hydrogen-bond acceptors (Lipinski definition) is 8. The van der Waals surface area contributed by atoms with E-state index in [-0.39, 0.29) is 39.4 Å². The monoisotopic (exact) mass is 656 g/mol. The van der Waals surface area contributed by atoms with E-state index in [9.17, 15) is 14.0 Å². The zero-order valence-electron chi connectivity index (χ0n) is 23.9. The maximum absolute atomic E-state index is 13.9. The largest absolute Gasteiger partial charge is 0.490 e. The first-order valence-electron chi connectivity index (χ1n) is 13.6. The average Bonchev–Trinajstić information content (AvgIpc) is 3.32. The summed E-state index contributed by atoms with van der Waals surface area (Å²) >= 11 is 14.2. The smallest absolute Gasteiger partial charge is 0.337 e. The Hall–Kier alpha value is -4.12. The topological polar surface area (TPSA) is 88.4 Å². The molecule has 0 radical (unpaired) electrons. The van der Waals surface area contributed by atoms with Crippen LogP contribution in [0.25, 0.3) is 6.08 Å². The first-order valence-corrected chi connectivity index (χ1v) is 15.2. The SMILES string of the molecule is CCOc1ccc([C@H]2C(C(=O)OC)=CN=c3s/c(=C\c4cc(Cl)c(OCc5ccc(F)cc5)c(Cl)c4)c(=O)n32)cc1OCC. The molecule has 5 rings (SSSR count). The highest BCUT2D eigenvalue weighted by atomic mass is 35.5. The summed E-state index contributed by atoms with van der Waals surface area (Å²) in [6, 6.07) is 13.6. The standard InChI is InChI=1S/C32H27Cl2FN2O6S/c1-4-41-25-11-8-20(15-26(25)42-5-2)28-22(31(39)40-3)16-36-32-37(28)30(38)27(44-32)14-19-12-23(33)29(24(34)13-19)43-17-18-6-9-21(35)10-7-18/h6-16,28H,4-5,17H2,1-3H3/b27-14-/t28-/m0/s1. The highest BCUT2D eigenvalue weighted by Crippen LogP contribution is 2.36. The predicted molar refractivity (Wildman–Crippen MR) is 167 cm³/mol. The zero-order valence-corrected chi connectivity index (χ0v) is 26.3. The van der Waals surface area contributed by atoms with E-state index in [0.717, 1.165) is 16.9 Å². The summed E-state index contributed by atoms with van der Waals surface area (Å²) in [5, 5.41) is 0.477. The molecule has 2 heterocycles. The van der Waals surface area contributed by atoms with Crippen LogP contribution in [0.3, 0.4) is 0 Å². The van der Waals surface area contributed by atoms with Gasteiger partial charge in [-0.15, -0.1) is 0 Å². The predicted octanol–water partition coefficient (Wildman–Crippen LogP) is 5.84. The maximum atomic E-state index is 13.9. The van der Waals surface area contributed by atoms with E-state index in [0.29, 0.717) is 45.2 Å². The Morgan fingerprint density at radius 1 is 1.00 bits per heavy atom. The van der Waals surface area contributed by atoms with Crippen LogP contribution in [-0.2, 0) is 16.1 Å². The Morgan fingerprint density at radius 2 is 1.68 bits per heavy atom. The van der Waals surface area contributed by atoms with Crippen LogP contribution >= 0.6 is 34.5 Å². The molecule has 0 N–H and O–H groups in total. The Morgan fingerprint density at radius 3 is 2.34 bits per heavy atom. The Kier molecular flexibility index (Phi) is 9.73. The third-order valence-electron chi connectivity index (χ3n) is 6.62. The molecule has 8 nitrogen and oxygen atoms in total. The van der Waals surface area contributed by atoms with Crippen LogP contribution in [0.4, 0.5) is 4.39 Å². The fourth-order valence-electron chi connectivity index (χ4n) is 4.68. The number of esters is 1. The molecule has 12 heteroatoms. The molecule has 0 saturated carbocycles. The molecule has 1 atom stereocenters. The van der Waals surface area contributed by atoms with Crippen molar-refractivity contribution < 1.29 is 28.1 Å². The van der Waals surface area contributed by atoms with Crippen LogP contribution < -0.4 is 29.1 Å². The van der Waals surface area contributed by atoms with Crippen molar-refractivity contribution >= 4 is 46.6 Å². The molecular formula is C32H27Cl2FN2O6S. The molecule has 0 aliphatic carbocycles. The molecule has 0 bridgehead atoms. The van der Waals surface area contributed by atoms with Gasteiger partial charge in [-0.05, 0) is 73.0 Å². The number of halogens is 3. The van der Waals surface area contributed by atoms with E-state index < -0.39 is 12.0 Å². The van der Waals surface area contributed by atoms with E-state index in [1.54, 1.807) is 48.5 Å².